The van der Waals surface area contributed by atoms with Crippen LogP contribution < -0.4 is 0 Å². The van der Waals surface area contributed by atoms with Crippen LogP contribution in [-0.2, 0) is 14.9 Å². The highest BCUT2D eigenvalue weighted by Crippen LogP contribution is 2.33. The van der Waals surface area contributed by atoms with Gasteiger partial charge in [-0.3, -0.25) is 0 Å². The van der Waals surface area contributed by atoms with Crippen molar-refractivity contribution in [1.82, 2.24) is 0 Å². The van der Waals surface area contributed by atoms with Crippen LogP contribution >= 0.6 is 0 Å². The fraction of sp³-hybridized carbons (Fsp3) is 0.368. The third kappa shape index (κ3) is 3.34. The van der Waals surface area contributed by atoms with E-state index < -0.39 is 0 Å². The van der Waals surface area contributed by atoms with Crippen LogP contribution in [0.5, 0.6) is 0 Å². The van der Waals surface area contributed by atoms with Gasteiger partial charge in [-0.2, -0.15) is 0 Å². The Morgan fingerprint density at radius 3 is 1.29 bits per heavy atom. The molecule has 0 heterocycles. The van der Waals surface area contributed by atoms with Crippen molar-refractivity contribution in [2.24, 2.45) is 0 Å². The van der Waals surface area contributed by atoms with E-state index in [1.54, 1.807) is 14.2 Å². The lowest BCUT2D eigenvalue weighted by atomic mass is 9.75. The third-order valence-electron chi connectivity index (χ3n) is 3.99. The lowest BCUT2D eigenvalue weighted by Gasteiger charge is -2.34. The standard InChI is InChI=1S/C19H24O2/c1-15-5-9-17(10-6-15)19(13-20-3,14-21-4)18-11-7-16(2)8-12-18/h5-12H,13-14H2,1-4H3. The summed E-state index contributed by atoms with van der Waals surface area (Å²) in [6.07, 6.45) is 0. The second-order valence-corrected chi connectivity index (χ2v) is 5.68. The number of aryl methyl sites for hydroxylation is 2. The van der Waals surface area contributed by atoms with Gasteiger partial charge in [0.05, 0.1) is 18.6 Å². The Bertz CT molecular complexity index is 502. The molecule has 0 bridgehead atoms. The fourth-order valence-corrected chi connectivity index (χ4v) is 2.78. The van der Waals surface area contributed by atoms with Gasteiger partial charge in [0.25, 0.3) is 0 Å². The van der Waals surface area contributed by atoms with Crippen LogP contribution in [-0.4, -0.2) is 27.4 Å². The molecule has 2 nitrogen and oxygen atoms in total. The molecule has 0 amide bonds. The van der Waals surface area contributed by atoms with E-state index in [9.17, 15) is 0 Å². The van der Waals surface area contributed by atoms with Crippen LogP contribution in [0, 0.1) is 13.8 Å². The summed E-state index contributed by atoms with van der Waals surface area (Å²) in [5.41, 5.74) is 4.68. The Morgan fingerprint density at radius 2 is 1.00 bits per heavy atom. The molecule has 0 radical (unpaired) electrons. The minimum Gasteiger partial charge on any atom is -0.383 e. The van der Waals surface area contributed by atoms with E-state index in [2.05, 4.69) is 62.4 Å². The molecule has 0 saturated heterocycles. The largest absolute Gasteiger partial charge is 0.383 e. The van der Waals surface area contributed by atoms with Crippen molar-refractivity contribution in [3.8, 4) is 0 Å². The quantitative estimate of drug-likeness (QED) is 0.801. The van der Waals surface area contributed by atoms with Gasteiger partial charge in [-0.05, 0) is 25.0 Å². The molecule has 0 aliphatic carbocycles. The molecule has 0 aliphatic rings. The molecule has 0 unspecified atom stereocenters. The zero-order valence-electron chi connectivity index (χ0n) is 13.3. The lowest BCUT2D eigenvalue weighted by molar-refractivity contribution is 0.0794. The monoisotopic (exact) mass is 284 g/mol. The Balaban J connectivity index is 2.56. The van der Waals surface area contributed by atoms with Crippen LogP contribution in [0.4, 0.5) is 0 Å². The second kappa shape index (κ2) is 6.88. The highest BCUT2D eigenvalue weighted by Gasteiger charge is 2.34. The number of methoxy groups -OCH3 is 2. The second-order valence-electron chi connectivity index (χ2n) is 5.68. The van der Waals surface area contributed by atoms with Crippen molar-refractivity contribution in [1.29, 1.82) is 0 Å². The third-order valence-corrected chi connectivity index (χ3v) is 3.99. The number of hydrogen-bond donors (Lipinski definition) is 0. The molecule has 21 heavy (non-hydrogen) atoms. The first-order valence-corrected chi connectivity index (χ1v) is 7.24. The maximum absolute atomic E-state index is 5.55. The van der Waals surface area contributed by atoms with Crippen LogP contribution in [0.2, 0.25) is 0 Å². The van der Waals surface area contributed by atoms with Gasteiger partial charge in [0.2, 0.25) is 0 Å². The highest BCUT2D eigenvalue weighted by molar-refractivity contribution is 5.41. The summed E-state index contributed by atoms with van der Waals surface area (Å²) in [5.74, 6) is 0. The SMILES string of the molecule is COCC(COC)(c1ccc(C)cc1)c1ccc(C)cc1. The first-order valence-electron chi connectivity index (χ1n) is 7.24. The number of ether oxygens (including phenoxy) is 2. The van der Waals surface area contributed by atoms with E-state index >= 15 is 0 Å². The molecule has 0 saturated carbocycles. The van der Waals surface area contributed by atoms with E-state index in [1.807, 2.05) is 0 Å². The summed E-state index contributed by atoms with van der Waals surface area (Å²) in [7, 11) is 3.49. The van der Waals surface area contributed by atoms with Crippen molar-refractivity contribution in [3.05, 3.63) is 70.8 Å². The normalized spacial score (nSPS) is 11.6. The number of hydrogen-bond acceptors (Lipinski definition) is 2. The molecule has 0 atom stereocenters. The Morgan fingerprint density at radius 1 is 0.667 bits per heavy atom. The Hall–Kier alpha value is -1.64. The van der Waals surface area contributed by atoms with Gasteiger partial charge in [-0.1, -0.05) is 59.7 Å². The van der Waals surface area contributed by atoms with Gasteiger partial charge >= 0.3 is 0 Å². The van der Waals surface area contributed by atoms with E-state index in [0.717, 1.165) is 0 Å². The minimum atomic E-state index is -0.273. The van der Waals surface area contributed by atoms with Crippen molar-refractivity contribution < 1.29 is 9.47 Å². The van der Waals surface area contributed by atoms with E-state index in [0.29, 0.717) is 13.2 Å². The predicted octanol–water partition coefficient (Wildman–Crippen LogP) is 3.88. The Labute approximate surface area is 127 Å². The smallest absolute Gasteiger partial charge is 0.0669 e. The van der Waals surface area contributed by atoms with Crippen LogP contribution in [0.15, 0.2) is 48.5 Å². The summed E-state index contributed by atoms with van der Waals surface area (Å²) < 4.78 is 11.1. The molecule has 0 aromatic heterocycles. The van der Waals surface area contributed by atoms with Gasteiger partial charge in [0.1, 0.15) is 0 Å². The Kier molecular flexibility index (Phi) is 5.16. The molecule has 112 valence electrons. The van der Waals surface area contributed by atoms with Gasteiger partial charge < -0.3 is 9.47 Å². The highest BCUT2D eigenvalue weighted by atomic mass is 16.5. The van der Waals surface area contributed by atoms with Crippen LogP contribution in [0.1, 0.15) is 22.3 Å². The molecule has 0 spiro atoms. The van der Waals surface area contributed by atoms with Gasteiger partial charge in [-0.25, -0.2) is 0 Å². The van der Waals surface area contributed by atoms with Crippen molar-refractivity contribution in [3.63, 3.8) is 0 Å². The average molecular weight is 284 g/mol. The van der Waals surface area contributed by atoms with Gasteiger partial charge in [-0.15, -0.1) is 0 Å². The van der Waals surface area contributed by atoms with E-state index in [4.69, 9.17) is 9.47 Å². The molecular formula is C19H24O2. The summed E-state index contributed by atoms with van der Waals surface area (Å²) >= 11 is 0. The average Bonchev–Trinajstić information content (AvgIpc) is 2.48. The van der Waals surface area contributed by atoms with Crippen LogP contribution in [0.3, 0.4) is 0 Å². The van der Waals surface area contributed by atoms with Crippen molar-refractivity contribution >= 4 is 0 Å². The number of benzene rings is 2. The zero-order valence-corrected chi connectivity index (χ0v) is 13.3. The molecular weight excluding hydrogens is 260 g/mol. The molecule has 2 aromatic rings. The zero-order chi connectivity index (χ0) is 15.3. The molecule has 0 fully saturated rings. The predicted molar refractivity (Wildman–Crippen MR) is 86.9 cm³/mol. The number of rotatable bonds is 6. The van der Waals surface area contributed by atoms with E-state index in [1.165, 1.54) is 22.3 Å². The fourth-order valence-electron chi connectivity index (χ4n) is 2.78. The summed E-state index contributed by atoms with van der Waals surface area (Å²) in [4.78, 5) is 0. The maximum Gasteiger partial charge on any atom is 0.0669 e. The minimum absolute atomic E-state index is 0.273. The molecule has 2 aromatic carbocycles. The molecule has 0 N–H and O–H groups in total. The van der Waals surface area contributed by atoms with Crippen molar-refractivity contribution in [2.45, 2.75) is 19.3 Å². The first kappa shape index (κ1) is 15.7. The molecule has 2 rings (SSSR count). The van der Waals surface area contributed by atoms with E-state index in [-0.39, 0.29) is 5.41 Å². The molecule has 0 aliphatic heterocycles. The summed E-state index contributed by atoms with van der Waals surface area (Å²) in [6, 6.07) is 17.3. The van der Waals surface area contributed by atoms with Crippen LogP contribution in [0.25, 0.3) is 0 Å². The maximum atomic E-state index is 5.55. The molecule has 2 heteroatoms. The summed E-state index contributed by atoms with van der Waals surface area (Å²) in [5, 5.41) is 0. The topological polar surface area (TPSA) is 18.5 Å². The van der Waals surface area contributed by atoms with Gasteiger partial charge in [0, 0.05) is 14.2 Å². The lowest BCUT2D eigenvalue weighted by Crippen LogP contribution is -2.37. The van der Waals surface area contributed by atoms with Crippen molar-refractivity contribution in [2.75, 3.05) is 27.4 Å². The van der Waals surface area contributed by atoms with Gasteiger partial charge in [0.15, 0.2) is 0 Å². The summed E-state index contributed by atoms with van der Waals surface area (Å²) in [6.45, 7) is 5.38. The first-order chi connectivity index (χ1) is 10.1.